The van der Waals surface area contributed by atoms with Crippen molar-refractivity contribution in [3.05, 3.63) is 39.4 Å². The molecule has 0 aliphatic carbocycles. The first-order valence-corrected chi connectivity index (χ1v) is 4.60. The van der Waals surface area contributed by atoms with Crippen molar-refractivity contribution in [3.63, 3.8) is 0 Å². The number of aromatic nitrogens is 2. The normalized spacial score (nSPS) is 10.1. The van der Waals surface area contributed by atoms with E-state index in [4.69, 9.17) is 4.42 Å². The third-order valence-electron chi connectivity index (χ3n) is 1.52. The molecule has 14 heavy (non-hydrogen) atoms. The summed E-state index contributed by atoms with van der Waals surface area (Å²) in [6, 6.07) is 3.46. The smallest absolute Gasteiger partial charge is 0.266 e. The first kappa shape index (κ1) is 9.01. The molecule has 6 heteroatoms. The van der Waals surface area contributed by atoms with Crippen molar-refractivity contribution in [2.24, 2.45) is 0 Å². The lowest BCUT2D eigenvalue weighted by Gasteiger charge is -2.00. The number of furan rings is 1. The van der Waals surface area contributed by atoms with Crippen molar-refractivity contribution in [3.8, 4) is 0 Å². The van der Waals surface area contributed by atoms with Crippen molar-refractivity contribution in [2.75, 3.05) is 5.32 Å². The second-order valence-corrected chi connectivity index (χ2v) is 3.37. The summed E-state index contributed by atoms with van der Waals surface area (Å²) < 4.78 is 5.41. The average molecular weight is 256 g/mol. The number of hydrogen-bond donors (Lipinski definition) is 2. The Morgan fingerprint density at radius 1 is 1.57 bits per heavy atom. The van der Waals surface area contributed by atoms with E-state index in [0.717, 1.165) is 0 Å². The van der Waals surface area contributed by atoms with Gasteiger partial charge in [-0.05, 0) is 22.0 Å². The highest BCUT2D eigenvalue weighted by Crippen LogP contribution is 2.11. The SMILES string of the molecule is O=c1[nH]c(Nc2ccco2)ncc1Br. The second kappa shape index (κ2) is 3.67. The highest BCUT2D eigenvalue weighted by Gasteiger charge is 2.00. The second-order valence-electron chi connectivity index (χ2n) is 2.51. The average Bonchev–Trinajstić information content (AvgIpc) is 2.64. The third-order valence-corrected chi connectivity index (χ3v) is 2.08. The molecule has 2 rings (SSSR count). The minimum Gasteiger partial charge on any atom is -0.449 e. The minimum absolute atomic E-state index is 0.242. The zero-order valence-electron chi connectivity index (χ0n) is 6.95. The lowest BCUT2D eigenvalue weighted by molar-refractivity contribution is 0.584. The summed E-state index contributed by atoms with van der Waals surface area (Å²) >= 11 is 3.05. The van der Waals surface area contributed by atoms with E-state index < -0.39 is 0 Å². The first-order valence-electron chi connectivity index (χ1n) is 3.81. The predicted molar refractivity (Wildman–Crippen MR) is 54.5 cm³/mol. The quantitative estimate of drug-likeness (QED) is 0.860. The van der Waals surface area contributed by atoms with Gasteiger partial charge in [0.15, 0.2) is 5.88 Å². The third kappa shape index (κ3) is 1.85. The molecular formula is C8H6BrN3O2. The fraction of sp³-hybridized carbons (Fsp3) is 0. The van der Waals surface area contributed by atoms with Crippen LogP contribution >= 0.6 is 15.9 Å². The Morgan fingerprint density at radius 3 is 3.07 bits per heavy atom. The maximum Gasteiger partial charge on any atom is 0.266 e. The van der Waals surface area contributed by atoms with Crippen molar-refractivity contribution >= 4 is 27.8 Å². The molecule has 72 valence electrons. The Bertz CT molecular complexity index is 478. The van der Waals surface area contributed by atoms with Gasteiger partial charge >= 0.3 is 0 Å². The lowest BCUT2D eigenvalue weighted by atomic mass is 10.6. The zero-order chi connectivity index (χ0) is 9.97. The molecule has 0 spiro atoms. The summed E-state index contributed by atoms with van der Waals surface area (Å²) in [6.45, 7) is 0. The Morgan fingerprint density at radius 2 is 2.43 bits per heavy atom. The summed E-state index contributed by atoms with van der Waals surface area (Å²) in [7, 11) is 0. The van der Waals surface area contributed by atoms with Crippen molar-refractivity contribution < 1.29 is 4.42 Å². The highest BCUT2D eigenvalue weighted by atomic mass is 79.9. The van der Waals surface area contributed by atoms with E-state index in [9.17, 15) is 4.79 Å². The highest BCUT2D eigenvalue weighted by molar-refractivity contribution is 9.10. The predicted octanol–water partition coefficient (Wildman–Crippen LogP) is 1.87. The molecule has 2 N–H and O–H groups in total. The Kier molecular flexibility index (Phi) is 2.36. The summed E-state index contributed by atoms with van der Waals surface area (Å²) in [4.78, 5) is 17.6. The standard InChI is InChI=1S/C8H6BrN3O2/c9-5-4-10-8(12-7(5)13)11-6-2-1-3-14-6/h1-4H,(H2,10,11,12,13). The van der Waals surface area contributed by atoms with Crippen molar-refractivity contribution in [1.82, 2.24) is 9.97 Å². The van der Waals surface area contributed by atoms with Crippen LogP contribution in [-0.4, -0.2) is 9.97 Å². The summed E-state index contributed by atoms with van der Waals surface area (Å²) in [6.07, 6.45) is 2.95. The van der Waals surface area contributed by atoms with E-state index in [0.29, 0.717) is 16.3 Å². The number of H-pyrrole nitrogens is 1. The Balaban J connectivity index is 2.26. The minimum atomic E-state index is -0.242. The molecule has 0 saturated heterocycles. The van der Waals surface area contributed by atoms with Crippen molar-refractivity contribution in [1.29, 1.82) is 0 Å². The van der Waals surface area contributed by atoms with Crippen LogP contribution in [0, 0.1) is 0 Å². The number of nitrogens with zero attached hydrogens (tertiary/aromatic N) is 1. The van der Waals surface area contributed by atoms with Crippen LogP contribution in [0.15, 0.2) is 38.3 Å². The topological polar surface area (TPSA) is 70.9 Å². The molecule has 0 fully saturated rings. The van der Waals surface area contributed by atoms with E-state index in [1.54, 1.807) is 12.1 Å². The van der Waals surface area contributed by atoms with Gasteiger partial charge in [-0.2, -0.15) is 0 Å². The van der Waals surface area contributed by atoms with Crippen LogP contribution in [0.3, 0.4) is 0 Å². The molecule has 2 aromatic rings. The molecule has 2 heterocycles. The van der Waals surface area contributed by atoms with E-state index in [1.807, 2.05) is 0 Å². The summed E-state index contributed by atoms with van der Waals surface area (Å²) in [5, 5.41) is 2.80. The molecule has 0 bridgehead atoms. The van der Waals surface area contributed by atoms with Gasteiger partial charge in [-0.15, -0.1) is 0 Å². The van der Waals surface area contributed by atoms with Crippen LogP contribution in [0.2, 0.25) is 0 Å². The van der Waals surface area contributed by atoms with Crippen LogP contribution in [0.5, 0.6) is 0 Å². The first-order chi connectivity index (χ1) is 6.75. The van der Waals surface area contributed by atoms with E-state index in [1.165, 1.54) is 12.5 Å². The molecule has 0 amide bonds. The Hall–Kier alpha value is -1.56. The number of anilines is 2. The molecule has 0 saturated carbocycles. The van der Waals surface area contributed by atoms with Gasteiger partial charge in [-0.25, -0.2) is 4.98 Å². The number of rotatable bonds is 2. The molecule has 0 atom stereocenters. The van der Waals surface area contributed by atoms with E-state index in [-0.39, 0.29) is 5.56 Å². The van der Waals surface area contributed by atoms with E-state index >= 15 is 0 Å². The molecular weight excluding hydrogens is 250 g/mol. The maximum atomic E-state index is 11.2. The van der Waals surface area contributed by atoms with Gasteiger partial charge in [0.2, 0.25) is 5.95 Å². The van der Waals surface area contributed by atoms with Gasteiger partial charge in [-0.1, -0.05) is 0 Å². The van der Waals surface area contributed by atoms with Gasteiger partial charge < -0.3 is 4.42 Å². The largest absolute Gasteiger partial charge is 0.449 e. The Labute approximate surface area is 87.3 Å². The summed E-state index contributed by atoms with van der Waals surface area (Å²) in [5.41, 5.74) is -0.242. The van der Waals surface area contributed by atoms with Crippen LogP contribution in [0.1, 0.15) is 0 Å². The number of halogens is 1. The lowest BCUT2D eigenvalue weighted by Crippen LogP contribution is -2.10. The monoisotopic (exact) mass is 255 g/mol. The van der Waals surface area contributed by atoms with Crippen LogP contribution in [-0.2, 0) is 0 Å². The molecule has 0 radical (unpaired) electrons. The number of aromatic amines is 1. The summed E-state index contributed by atoms with van der Waals surface area (Å²) in [5.74, 6) is 0.864. The van der Waals surface area contributed by atoms with Gasteiger partial charge in [0.25, 0.3) is 5.56 Å². The molecule has 2 aromatic heterocycles. The van der Waals surface area contributed by atoms with Gasteiger partial charge in [0.05, 0.1) is 12.5 Å². The van der Waals surface area contributed by atoms with Gasteiger partial charge in [0, 0.05) is 6.07 Å². The maximum absolute atomic E-state index is 11.2. The number of hydrogen-bond acceptors (Lipinski definition) is 4. The molecule has 5 nitrogen and oxygen atoms in total. The van der Waals surface area contributed by atoms with Crippen molar-refractivity contribution in [2.45, 2.75) is 0 Å². The van der Waals surface area contributed by atoms with E-state index in [2.05, 4.69) is 31.2 Å². The number of nitrogens with one attached hydrogen (secondary N) is 2. The molecule has 0 aliphatic rings. The van der Waals surface area contributed by atoms with Crippen LogP contribution < -0.4 is 10.9 Å². The molecule has 0 unspecified atom stereocenters. The van der Waals surface area contributed by atoms with Crippen LogP contribution in [0.25, 0.3) is 0 Å². The fourth-order valence-electron chi connectivity index (χ4n) is 0.909. The van der Waals surface area contributed by atoms with Gasteiger partial charge in [-0.3, -0.25) is 15.1 Å². The fourth-order valence-corrected chi connectivity index (χ4v) is 1.11. The zero-order valence-corrected chi connectivity index (χ0v) is 8.54. The molecule has 0 aliphatic heterocycles. The molecule has 0 aromatic carbocycles. The van der Waals surface area contributed by atoms with Gasteiger partial charge in [0.1, 0.15) is 4.47 Å². The van der Waals surface area contributed by atoms with Crippen LogP contribution in [0.4, 0.5) is 11.8 Å².